The van der Waals surface area contributed by atoms with Crippen molar-refractivity contribution in [1.29, 1.82) is 0 Å². The molecule has 0 saturated heterocycles. The molecule has 0 aromatic heterocycles. The van der Waals surface area contributed by atoms with Gasteiger partial charge in [0.15, 0.2) is 11.2 Å². The number of hydrogen-bond acceptors (Lipinski definition) is 7. The molecule has 0 bridgehead atoms. The van der Waals surface area contributed by atoms with E-state index in [0.29, 0.717) is 12.8 Å². The second-order valence-electron chi connectivity index (χ2n) is 8.30. The average molecular weight is 419 g/mol. The Kier molecular flexibility index (Phi) is 13.6. The summed E-state index contributed by atoms with van der Waals surface area (Å²) in [6.45, 7) is 6.18. The summed E-state index contributed by atoms with van der Waals surface area (Å²) in [7, 11) is 0. The van der Waals surface area contributed by atoms with Crippen LogP contribution in [0.15, 0.2) is 0 Å². The first kappa shape index (κ1) is 28.0. The van der Waals surface area contributed by atoms with Gasteiger partial charge in [-0.05, 0) is 24.7 Å². The quantitative estimate of drug-likeness (QED) is 0.224. The lowest BCUT2D eigenvalue weighted by molar-refractivity contribution is -0.192. The zero-order valence-electron chi connectivity index (χ0n) is 18.7. The van der Waals surface area contributed by atoms with Crippen molar-refractivity contribution >= 4 is 11.9 Å². The van der Waals surface area contributed by atoms with Gasteiger partial charge >= 0.3 is 11.9 Å². The van der Waals surface area contributed by atoms with E-state index in [4.69, 9.17) is 4.74 Å². The molecule has 0 aliphatic carbocycles. The van der Waals surface area contributed by atoms with E-state index in [1.807, 2.05) is 27.7 Å². The zero-order chi connectivity index (χ0) is 22.5. The van der Waals surface area contributed by atoms with Crippen LogP contribution in [0.5, 0.6) is 0 Å². The molecular formula is C22H42O7. The maximum absolute atomic E-state index is 12.5. The van der Waals surface area contributed by atoms with Crippen molar-refractivity contribution in [2.75, 3.05) is 13.2 Å². The lowest BCUT2D eigenvalue weighted by Gasteiger charge is -2.31. The van der Waals surface area contributed by atoms with Gasteiger partial charge in [-0.15, -0.1) is 0 Å². The average Bonchev–Trinajstić information content (AvgIpc) is 2.73. The van der Waals surface area contributed by atoms with Crippen LogP contribution in [0.25, 0.3) is 0 Å². The van der Waals surface area contributed by atoms with Crippen molar-refractivity contribution in [3.8, 4) is 0 Å². The van der Waals surface area contributed by atoms with Gasteiger partial charge in [0.1, 0.15) is 0 Å². The number of ether oxygens (including phenoxy) is 1. The first-order chi connectivity index (χ1) is 13.7. The van der Waals surface area contributed by atoms with E-state index >= 15 is 0 Å². The minimum Gasteiger partial charge on any atom is -0.393 e. The number of carbonyl (C=O) groups is 2. The number of hydrogen-bond donors (Lipinski definition) is 4. The lowest BCUT2D eigenvalue weighted by Crippen LogP contribution is -2.51. The summed E-state index contributed by atoms with van der Waals surface area (Å²) in [5, 5.41) is 40.4. The van der Waals surface area contributed by atoms with E-state index < -0.39 is 36.4 Å². The number of rotatable bonds is 16. The number of aliphatic hydroxyl groups excluding tert-OH is 2. The first-order valence-electron chi connectivity index (χ1n) is 11.1. The Morgan fingerprint density at radius 2 is 1.10 bits per heavy atom. The Bertz CT molecular complexity index is 440. The Labute approximate surface area is 175 Å². The van der Waals surface area contributed by atoms with Crippen LogP contribution < -0.4 is 0 Å². The molecule has 4 unspecified atom stereocenters. The molecule has 0 saturated carbocycles. The molecule has 29 heavy (non-hydrogen) atoms. The van der Waals surface area contributed by atoms with E-state index in [9.17, 15) is 30.0 Å². The molecule has 4 N–H and O–H groups in total. The standard InChI is InChI=1S/C22H42O7/c1-5-9-11-17(7-3)13-21(27,15-23)19(25)29-20(26)22(28,16-24)14-18(8-4)12-10-6-2/h17-18,23-24,27-28H,5-16H2,1-4H3. The van der Waals surface area contributed by atoms with Gasteiger partial charge < -0.3 is 25.2 Å². The number of esters is 2. The van der Waals surface area contributed by atoms with Crippen molar-refractivity contribution in [3.05, 3.63) is 0 Å². The molecular weight excluding hydrogens is 376 g/mol. The fourth-order valence-corrected chi connectivity index (χ4v) is 3.54. The highest BCUT2D eigenvalue weighted by molar-refractivity contribution is 5.94. The molecule has 0 fully saturated rings. The Morgan fingerprint density at radius 3 is 1.34 bits per heavy atom. The van der Waals surface area contributed by atoms with E-state index in [0.717, 1.165) is 38.5 Å². The summed E-state index contributed by atoms with van der Waals surface area (Å²) in [5.74, 6) is -2.59. The molecule has 0 aromatic rings. The maximum Gasteiger partial charge on any atom is 0.348 e. The number of carbonyl (C=O) groups excluding carboxylic acids is 2. The Hall–Kier alpha value is -1.02. The van der Waals surface area contributed by atoms with E-state index in [-0.39, 0.29) is 24.7 Å². The van der Waals surface area contributed by atoms with Crippen molar-refractivity contribution in [2.24, 2.45) is 11.8 Å². The van der Waals surface area contributed by atoms with Crippen LogP contribution in [0, 0.1) is 11.8 Å². The van der Waals surface area contributed by atoms with Gasteiger partial charge in [-0.2, -0.15) is 0 Å². The summed E-state index contributed by atoms with van der Waals surface area (Å²) < 4.78 is 4.76. The Balaban J connectivity index is 5.19. The van der Waals surface area contributed by atoms with Gasteiger partial charge in [0.25, 0.3) is 0 Å². The first-order valence-corrected chi connectivity index (χ1v) is 11.1. The topological polar surface area (TPSA) is 124 Å². The smallest absolute Gasteiger partial charge is 0.348 e. The lowest BCUT2D eigenvalue weighted by atomic mass is 9.85. The summed E-state index contributed by atoms with van der Waals surface area (Å²) >= 11 is 0. The minimum atomic E-state index is -2.22. The molecule has 0 aliphatic rings. The third kappa shape index (κ3) is 9.11. The molecule has 0 radical (unpaired) electrons. The molecule has 7 nitrogen and oxygen atoms in total. The fraction of sp³-hybridized carbons (Fsp3) is 0.909. The normalized spacial score (nSPS) is 17.8. The van der Waals surface area contributed by atoms with E-state index in [1.165, 1.54) is 0 Å². The van der Waals surface area contributed by atoms with Crippen molar-refractivity contribution in [3.63, 3.8) is 0 Å². The number of aliphatic hydroxyl groups is 4. The van der Waals surface area contributed by atoms with Crippen molar-refractivity contribution < 1.29 is 34.8 Å². The summed E-state index contributed by atoms with van der Waals surface area (Å²) in [4.78, 5) is 25.0. The second kappa shape index (κ2) is 14.1. The van der Waals surface area contributed by atoms with Crippen molar-refractivity contribution in [2.45, 2.75) is 103 Å². The van der Waals surface area contributed by atoms with Crippen LogP contribution in [0.3, 0.4) is 0 Å². The molecule has 7 heteroatoms. The van der Waals surface area contributed by atoms with Gasteiger partial charge in [-0.1, -0.05) is 79.1 Å². The van der Waals surface area contributed by atoms with Gasteiger partial charge in [0.2, 0.25) is 0 Å². The maximum atomic E-state index is 12.5. The van der Waals surface area contributed by atoms with Crippen LogP contribution in [0.4, 0.5) is 0 Å². The minimum absolute atomic E-state index is 0.00927. The fourth-order valence-electron chi connectivity index (χ4n) is 3.54. The van der Waals surface area contributed by atoms with Crippen LogP contribution in [0.2, 0.25) is 0 Å². The second-order valence-corrected chi connectivity index (χ2v) is 8.30. The van der Waals surface area contributed by atoms with Crippen LogP contribution in [0.1, 0.15) is 91.9 Å². The molecule has 0 heterocycles. The van der Waals surface area contributed by atoms with Gasteiger partial charge in [-0.25, -0.2) is 9.59 Å². The molecule has 0 spiro atoms. The molecule has 0 aliphatic heterocycles. The van der Waals surface area contributed by atoms with Gasteiger partial charge in [-0.3, -0.25) is 0 Å². The molecule has 4 atom stereocenters. The van der Waals surface area contributed by atoms with Crippen LogP contribution >= 0.6 is 0 Å². The van der Waals surface area contributed by atoms with Crippen LogP contribution in [-0.4, -0.2) is 56.8 Å². The highest BCUT2D eigenvalue weighted by atomic mass is 16.6. The predicted molar refractivity (Wildman–Crippen MR) is 111 cm³/mol. The summed E-state index contributed by atoms with van der Waals surface area (Å²) in [6.07, 6.45) is 6.71. The molecule has 172 valence electrons. The van der Waals surface area contributed by atoms with Gasteiger partial charge in [0.05, 0.1) is 13.2 Å². The van der Waals surface area contributed by atoms with Crippen molar-refractivity contribution in [1.82, 2.24) is 0 Å². The largest absolute Gasteiger partial charge is 0.393 e. The molecule has 0 amide bonds. The zero-order valence-corrected chi connectivity index (χ0v) is 18.7. The van der Waals surface area contributed by atoms with Crippen LogP contribution in [-0.2, 0) is 14.3 Å². The van der Waals surface area contributed by atoms with E-state index in [2.05, 4.69) is 0 Å². The third-order valence-electron chi connectivity index (χ3n) is 5.81. The molecule has 0 rings (SSSR count). The van der Waals surface area contributed by atoms with E-state index in [1.54, 1.807) is 0 Å². The third-order valence-corrected chi connectivity index (χ3v) is 5.81. The Morgan fingerprint density at radius 1 is 0.759 bits per heavy atom. The molecule has 0 aromatic carbocycles. The number of unbranched alkanes of at least 4 members (excludes halogenated alkanes) is 2. The predicted octanol–water partition coefficient (Wildman–Crippen LogP) is 2.72. The monoisotopic (exact) mass is 418 g/mol. The highest BCUT2D eigenvalue weighted by Crippen LogP contribution is 2.28. The highest BCUT2D eigenvalue weighted by Gasteiger charge is 2.45. The summed E-state index contributed by atoms with van der Waals surface area (Å²) in [5.41, 5.74) is -4.43. The summed E-state index contributed by atoms with van der Waals surface area (Å²) in [6, 6.07) is 0. The van der Waals surface area contributed by atoms with Gasteiger partial charge in [0, 0.05) is 0 Å². The SMILES string of the molecule is CCCCC(CC)CC(O)(CO)C(=O)OC(=O)C(O)(CO)CC(CC)CCCC.